The van der Waals surface area contributed by atoms with Crippen LogP contribution in [0.25, 0.3) is 0 Å². The van der Waals surface area contributed by atoms with Gasteiger partial charge in [0.15, 0.2) is 0 Å². The van der Waals surface area contributed by atoms with E-state index in [0.717, 1.165) is 31.2 Å². The zero-order valence-electron chi connectivity index (χ0n) is 11.5. The number of piperazine rings is 1. The molecular formula is C17H21ClN2+2. The highest BCUT2D eigenvalue weighted by Crippen LogP contribution is 2.29. The molecule has 20 heavy (non-hydrogen) atoms. The Balaban J connectivity index is 1.96. The van der Waals surface area contributed by atoms with Crippen molar-refractivity contribution < 1.29 is 11.6 Å². The molecule has 3 rings (SSSR count). The molecule has 1 N–H and O–H groups in total. The molecule has 0 aliphatic carbocycles. The standard InChI is InChI=1S/C17H21ClN2/c18-16-8-6-15(7-9-16)17(14-4-2-1-3-5-14)20-12-10-19-11-13-20/h1-9,17,19H,10-13,18H2/q+2. The summed E-state index contributed by atoms with van der Waals surface area (Å²) in [6, 6.07) is 19.7. The number of nitrogens with one attached hydrogen (secondary N) is 1. The van der Waals surface area contributed by atoms with Crippen molar-refractivity contribution in [1.82, 2.24) is 10.2 Å². The van der Waals surface area contributed by atoms with Crippen molar-refractivity contribution in [1.29, 1.82) is 0 Å². The first kappa shape index (κ1) is 13.6. The van der Waals surface area contributed by atoms with E-state index < -0.39 is 0 Å². The summed E-state index contributed by atoms with van der Waals surface area (Å²) in [4.78, 5) is 2.55. The Morgan fingerprint density at radius 1 is 0.850 bits per heavy atom. The summed E-state index contributed by atoms with van der Waals surface area (Å²) < 4.78 is 0. The summed E-state index contributed by atoms with van der Waals surface area (Å²) in [6.07, 6.45) is 0. The van der Waals surface area contributed by atoms with Gasteiger partial charge in [-0.3, -0.25) is 4.90 Å². The van der Waals surface area contributed by atoms with Gasteiger partial charge in [-0.25, -0.2) is 0 Å². The molecular weight excluding hydrogens is 268 g/mol. The third-order valence-corrected chi connectivity index (χ3v) is 4.14. The Labute approximate surface area is 125 Å². The van der Waals surface area contributed by atoms with Gasteiger partial charge in [0.05, 0.1) is 18.2 Å². The molecule has 2 aromatic carbocycles. The van der Waals surface area contributed by atoms with E-state index in [1.165, 1.54) is 11.1 Å². The minimum Gasteiger partial charge on any atom is -0.314 e. The van der Waals surface area contributed by atoms with Crippen LogP contribution in [0.4, 0.5) is 0 Å². The van der Waals surface area contributed by atoms with Gasteiger partial charge in [0.1, 0.15) is 0 Å². The molecule has 0 amide bonds. The summed E-state index contributed by atoms with van der Waals surface area (Å²) in [5, 5.41) is 4.44. The van der Waals surface area contributed by atoms with Crippen LogP contribution in [0.15, 0.2) is 54.6 Å². The van der Waals surface area contributed by atoms with Gasteiger partial charge in [-0.1, -0.05) is 30.3 Å². The molecule has 2 nitrogen and oxygen atoms in total. The van der Waals surface area contributed by atoms with Crippen LogP contribution < -0.4 is 5.32 Å². The van der Waals surface area contributed by atoms with Crippen molar-refractivity contribution in [3.8, 4) is 0 Å². The maximum atomic E-state index is 4.39. The van der Waals surface area contributed by atoms with Gasteiger partial charge in [-0.05, 0) is 23.3 Å². The van der Waals surface area contributed by atoms with Gasteiger partial charge < -0.3 is 5.32 Å². The molecule has 3 heteroatoms. The van der Waals surface area contributed by atoms with Crippen LogP contribution >= 0.6 is 0 Å². The Morgan fingerprint density at radius 3 is 2.10 bits per heavy atom. The van der Waals surface area contributed by atoms with Gasteiger partial charge in [0, 0.05) is 37.8 Å². The predicted octanol–water partition coefficient (Wildman–Crippen LogP) is 2.11. The van der Waals surface area contributed by atoms with E-state index in [1.54, 1.807) is 0 Å². The fraction of sp³-hybridized carbons (Fsp3) is 0.294. The first-order valence-corrected chi connectivity index (χ1v) is 7.58. The number of rotatable bonds is 3. The van der Waals surface area contributed by atoms with Gasteiger partial charge in [0.25, 0.3) is 0 Å². The topological polar surface area (TPSA) is 15.3 Å². The third-order valence-electron chi connectivity index (χ3n) is 3.84. The van der Waals surface area contributed by atoms with E-state index in [-0.39, 0.29) is 0 Å². The fourth-order valence-electron chi connectivity index (χ4n) is 2.85. The van der Waals surface area contributed by atoms with E-state index in [0.29, 0.717) is 6.04 Å². The monoisotopic (exact) mass is 288 g/mol. The Hall–Kier alpha value is -1.35. The Morgan fingerprint density at radius 2 is 1.45 bits per heavy atom. The van der Waals surface area contributed by atoms with Gasteiger partial charge in [-0.2, -0.15) is 0 Å². The second-order valence-electron chi connectivity index (χ2n) is 5.19. The molecule has 0 radical (unpaired) electrons. The lowest BCUT2D eigenvalue weighted by Gasteiger charge is -2.35. The molecule has 1 unspecified atom stereocenters. The van der Waals surface area contributed by atoms with E-state index in [1.807, 2.05) is 0 Å². The van der Waals surface area contributed by atoms with Crippen LogP contribution in [0.2, 0.25) is 5.02 Å². The Bertz CT molecular complexity index is 533. The summed E-state index contributed by atoms with van der Waals surface area (Å²) in [7, 11) is 0. The molecule has 0 saturated carbocycles. The number of halogens is 1. The highest BCUT2D eigenvalue weighted by atomic mass is 35.5. The second-order valence-corrected chi connectivity index (χ2v) is 5.71. The second kappa shape index (κ2) is 6.40. The smallest absolute Gasteiger partial charge is 0.314 e. The average molecular weight is 289 g/mol. The van der Waals surface area contributed by atoms with E-state index in [9.17, 15) is 0 Å². The van der Waals surface area contributed by atoms with Crippen molar-refractivity contribution >= 4 is 0 Å². The zero-order valence-corrected chi connectivity index (χ0v) is 12.4. The first-order chi connectivity index (χ1) is 9.84. The summed E-state index contributed by atoms with van der Waals surface area (Å²) in [6.45, 7) is 4.30. The molecule has 1 aliphatic heterocycles. The highest BCUT2D eigenvalue weighted by Gasteiger charge is 2.23. The van der Waals surface area contributed by atoms with Crippen LogP contribution in [0, 0.1) is 11.6 Å². The maximum Gasteiger partial charge on any atom is 0.322 e. The SMILES string of the molecule is [ClH2+2]c1ccc(C(c2ccccc2)N2CCNCC2)cc1. The van der Waals surface area contributed by atoms with Crippen molar-refractivity contribution in [2.75, 3.05) is 26.2 Å². The van der Waals surface area contributed by atoms with Gasteiger partial charge >= 0.3 is 5.02 Å². The maximum absolute atomic E-state index is 4.39. The lowest BCUT2D eigenvalue weighted by Crippen LogP contribution is -2.45. The molecule has 1 atom stereocenters. The van der Waals surface area contributed by atoms with E-state index >= 15 is 0 Å². The molecule has 1 saturated heterocycles. The fourth-order valence-corrected chi connectivity index (χ4v) is 3.00. The molecule has 0 spiro atoms. The molecule has 2 aromatic rings. The molecule has 1 heterocycles. The lowest BCUT2D eigenvalue weighted by atomic mass is 9.96. The quantitative estimate of drug-likeness (QED) is 0.931. The van der Waals surface area contributed by atoms with Crippen molar-refractivity contribution in [2.24, 2.45) is 0 Å². The molecule has 104 valence electrons. The average Bonchev–Trinajstić information content (AvgIpc) is 2.52. The van der Waals surface area contributed by atoms with Crippen molar-refractivity contribution in [3.05, 3.63) is 70.7 Å². The lowest BCUT2D eigenvalue weighted by molar-refractivity contribution is -0.288. The number of hydrogen-bond acceptors (Lipinski definition) is 2. The van der Waals surface area contributed by atoms with Gasteiger partial charge in [-0.15, -0.1) is 0 Å². The van der Waals surface area contributed by atoms with Crippen LogP contribution in [-0.2, 0) is 0 Å². The van der Waals surface area contributed by atoms with E-state index in [4.69, 9.17) is 0 Å². The van der Waals surface area contributed by atoms with Crippen LogP contribution in [-0.4, -0.2) is 31.1 Å². The molecule has 1 fully saturated rings. The predicted molar refractivity (Wildman–Crippen MR) is 81.1 cm³/mol. The number of nitrogens with zero attached hydrogens (tertiary/aromatic N) is 1. The summed E-state index contributed by atoms with van der Waals surface area (Å²) >= 11 is 4.39. The van der Waals surface area contributed by atoms with Crippen LogP contribution in [0.5, 0.6) is 0 Å². The summed E-state index contributed by atoms with van der Waals surface area (Å²) in [5.41, 5.74) is 2.71. The van der Waals surface area contributed by atoms with Crippen LogP contribution in [0.1, 0.15) is 17.2 Å². The highest BCUT2D eigenvalue weighted by molar-refractivity contribution is 5.33. The minimum atomic E-state index is 0.340. The normalized spacial score (nSPS) is 17.9. The number of hydrogen-bond donors (Lipinski definition) is 1. The van der Waals surface area contributed by atoms with Crippen molar-refractivity contribution in [3.63, 3.8) is 0 Å². The molecule has 0 bridgehead atoms. The minimum absolute atomic E-state index is 0.340. The molecule has 1 aliphatic rings. The molecule has 0 aromatic heterocycles. The van der Waals surface area contributed by atoms with Crippen LogP contribution in [0.3, 0.4) is 0 Å². The Kier molecular flexibility index (Phi) is 4.36. The van der Waals surface area contributed by atoms with E-state index in [2.05, 4.69) is 76.4 Å². The third kappa shape index (κ3) is 3.04. The largest absolute Gasteiger partial charge is 0.322 e. The number of benzene rings is 2. The van der Waals surface area contributed by atoms with Crippen molar-refractivity contribution in [2.45, 2.75) is 6.04 Å². The van der Waals surface area contributed by atoms with Gasteiger partial charge in [0.2, 0.25) is 0 Å². The summed E-state index contributed by atoms with van der Waals surface area (Å²) in [5.74, 6) is 0. The zero-order chi connectivity index (χ0) is 13.8. The first-order valence-electron chi connectivity index (χ1n) is 7.13.